The van der Waals surface area contributed by atoms with Crippen molar-refractivity contribution in [2.75, 3.05) is 7.11 Å². The van der Waals surface area contributed by atoms with E-state index in [-0.39, 0.29) is 0 Å². The standard InChI is InChI=1S/C15H21NO/c1-17-14-4-2-11(3-5-14)6-12-7-15(8-12)9-13(16)10-15/h2-5,12-13H,6-10,16H2,1H3. The number of hydrogen-bond acceptors (Lipinski definition) is 2. The third-order valence-electron chi connectivity index (χ3n) is 4.52. The molecule has 1 spiro atoms. The molecule has 2 fully saturated rings. The summed E-state index contributed by atoms with van der Waals surface area (Å²) in [5.41, 5.74) is 7.98. The maximum absolute atomic E-state index is 5.88. The van der Waals surface area contributed by atoms with Gasteiger partial charge in [-0.2, -0.15) is 0 Å². The van der Waals surface area contributed by atoms with E-state index in [1.807, 2.05) is 0 Å². The minimum Gasteiger partial charge on any atom is -0.497 e. The zero-order chi connectivity index (χ0) is 11.9. The highest BCUT2D eigenvalue weighted by atomic mass is 16.5. The lowest BCUT2D eigenvalue weighted by molar-refractivity contribution is -0.0384. The molecule has 2 aliphatic carbocycles. The minimum atomic E-state index is 0.497. The Bertz CT molecular complexity index is 384. The van der Waals surface area contributed by atoms with Crippen LogP contribution in [0.2, 0.25) is 0 Å². The van der Waals surface area contributed by atoms with Crippen molar-refractivity contribution < 1.29 is 4.74 Å². The highest BCUT2D eigenvalue weighted by Crippen LogP contribution is 2.58. The smallest absolute Gasteiger partial charge is 0.118 e. The van der Waals surface area contributed by atoms with Gasteiger partial charge in [0.25, 0.3) is 0 Å². The summed E-state index contributed by atoms with van der Waals surface area (Å²) >= 11 is 0. The van der Waals surface area contributed by atoms with Crippen molar-refractivity contribution in [3.63, 3.8) is 0 Å². The molecule has 2 aliphatic rings. The van der Waals surface area contributed by atoms with Gasteiger partial charge in [0, 0.05) is 6.04 Å². The van der Waals surface area contributed by atoms with Crippen molar-refractivity contribution in [1.82, 2.24) is 0 Å². The van der Waals surface area contributed by atoms with Crippen LogP contribution >= 0.6 is 0 Å². The Hall–Kier alpha value is -1.02. The van der Waals surface area contributed by atoms with Crippen LogP contribution in [0, 0.1) is 11.3 Å². The van der Waals surface area contributed by atoms with Crippen LogP contribution in [0.25, 0.3) is 0 Å². The van der Waals surface area contributed by atoms with Gasteiger partial charge in [-0.15, -0.1) is 0 Å². The summed E-state index contributed by atoms with van der Waals surface area (Å²) in [6.45, 7) is 0. The largest absolute Gasteiger partial charge is 0.497 e. The fourth-order valence-corrected chi connectivity index (χ4v) is 3.79. The maximum atomic E-state index is 5.88. The van der Waals surface area contributed by atoms with Crippen molar-refractivity contribution in [3.05, 3.63) is 29.8 Å². The lowest BCUT2D eigenvalue weighted by Crippen LogP contribution is -2.53. The van der Waals surface area contributed by atoms with Gasteiger partial charge in [-0.25, -0.2) is 0 Å². The van der Waals surface area contributed by atoms with Crippen LogP contribution in [0.4, 0.5) is 0 Å². The summed E-state index contributed by atoms with van der Waals surface area (Å²) in [5, 5.41) is 0. The van der Waals surface area contributed by atoms with E-state index < -0.39 is 0 Å². The molecule has 1 aromatic rings. The molecule has 2 heteroatoms. The Morgan fingerprint density at radius 1 is 1.18 bits per heavy atom. The van der Waals surface area contributed by atoms with Crippen molar-refractivity contribution in [1.29, 1.82) is 0 Å². The zero-order valence-electron chi connectivity index (χ0n) is 10.5. The van der Waals surface area contributed by atoms with E-state index in [4.69, 9.17) is 10.5 Å². The van der Waals surface area contributed by atoms with Crippen LogP contribution in [-0.2, 0) is 6.42 Å². The van der Waals surface area contributed by atoms with Gasteiger partial charge in [-0.3, -0.25) is 0 Å². The number of rotatable bonds is 3. The van der Waals surface area contributed by atoms with E-state index in [0.717, 1.165) is 11.7 Å². The molecule has 2 saturated carbocycles. The average molecular weight is 231 g/mol. The third kappa shape index (κ3) is 2.06. The minimum absolute atomic E-state index is 0.497. The van der Waals surface area contributed by atoms with Gasteiger partial charge >= 0.3 is 0 Å². The second-order valence-corrected chi connectivity index (χ2v) is 5.99. The molecule has 3 rings (SSSR count). The van der Waals surface area contributed by atoms with Gasteiger partial charge in [-0.1, -0.05) is 12.1 Å². The third-order valence-corrected chi connectivity index (χ3v) is 4.52. The lowest BCUT2D eigenvalue weighted by Gasteiger charge is -2.57. The fourth-order valence-electron chi connectivity index (χ4n) is 3.79. The first-order valence-corrected chi connectivity index (χ1v) is 6.58. The van der Waals surface area contributed by atoms with Crippen LogP contribution < -0.4 is 10.5 Å². The molecule has 0 atom stereocenters. The Morgan fingerprint density at radius 3 is 2.35 bits per heavy atom. The predicted octanol–water partition coefficient (Wildman–Crippen LogP) is 2.76. The molecule has 2 N–H and O–H groups in total. The number of benzene rings is 1. The Balaban J connectivity index is 1.51. The monoisotopic (exact) mass is 231 g/mol. The second-order valence-electron chi connectivity index (χ2n) is 5.99. The molecule has 2 nitrogen and oxygen atoms in total. The molecule has 17 heavy (non-hydrogen) atoms. The summed E-state index contributed by atoms with van der Waals surface area (Å²) in [4.78, 5) is 0. The van der Waals surface area contributed by atoms with E-state index in [0.29, 0.717) is 11.5 Å². The molecule has 0 bridgehead atoms. The molecule has 0 heterocycles. The summed E-state index contributed by atoms with van der Waals surface area (Å²) < 4.78 is 5.17. The normalized spacial score (nSPS) is 35.2. The number of ether oxygens (including phenoxy) is 1. The van der Waals surface area contributed by atoms with E-state index in [1.165, 1.54) is 37.7 Å². The molecular weight excluding hydrogens is 210 g/mol. The number of methoxy groups -OCH3 is 1. The predicted molar refractivity (Wildman–Crippen MR) is 69.1 cm³/mol. The first-order chi connectivity index (χ1) is 8.19. The van der Waals surface area contributed by atoms with Crippen LogP contribution in [0.1, 0.15) is 31.2 Å². The molecule has 0 unspecified atom stereocenters. The van der Waals surface area contributed by atoms with Crippen LogP contribution in [-0.4, -0.2) is 13.2 Å². The van der Waals surface area contributed by atoms with Gasteiger partial charge in [0.2, 0.25) is 0 Å². The van der Waals surface area contributed by atoms with E-state index >= 15 is 0 Å². The zero-order valence-corrected chi connectivity index (χ0v) is 10.5. The highest BCUT2D eigenvalue weighted by Gasteiger charge is 2.51. The van der Waals surface area contributed by atoms with Crippen molar-refractivity contribution in [2.45, 2.75) is 38.1 Å². The van der Waals surface area contributed by atoms with Crippen LogP contribution in [0.15, 0.2) is 24.3 Å². The summed E-state index contributed by atoms with van der Waals surface area (Å²) in [6, 6.07) is 9.00. The topological polar surface area (TPSA) is 35.2 Å². The SMILES string of the molecule is COc1ccc(CC2CC3(CC(N)C3)C2)cc1. The first kappa shape index (κ1) is 11.1. The summed E-state index contributed by atoms with van der Waals surface area (Å²) in [5.74, 6) is 1.83. The Labute approximate surface area is 103 Å². The van der Waals surface area contributed by atoms with E-state index in [2.05, 4.69) is 24.3 Å². The number of nitrogens with two attached hydrogens (primary N) is 1. The fraction of sp³-hybridized carbons (Fsp3) is 0.600. The number of hydrogen-bond donors (Lipinski definition) is 1. The molecule has 0 radical (unpaired) electrons. The van der Waals surface area contributed by atoms with Crippen LogP contribution in [0.5, 0.6) is 5.75 Å². The van der Waals surface area contributed by atoms with Crippen molar-refractivity contribution in [2.24, 2.45) is 17.1 Å². The molecule has 1 aromatic carbocycles. The van der Waals surface area contributed by atoms with Crippen molar-refractivity contribution >= 4 is 0 Å². The van der Waals surface area contributed by atoms with Gasteiger partial charge < -0.3 is 10.5 Å². The molecule has 0 amide bonds. The maximum Gasteiger partial charge on any atom is 0.118 e. The van der Waals surface area contributed by atoms with Gasteiger partial charge in [0.1, 0.15) is 5.75 Å². The average Bonchev–Trinajstić information content (AvgIpc) is 2.25. The quantitative estimate of drug-likeness (QED) is 0.868. The second kappa shape index (κ2) is 4.02. The molecule has 0 aliphatic heterocycles. The van der Waals surface area contributed by atoms with Crippen molar-refractivity contribution in [3.8, 4) is 5.75 Å². The highest BCUT2D eigenvalue weighted by molar-refractivity contribution is 5.27. The van der Waals surface area contributed by atoms with Gasteiger partial charge in [0.05, 0.1) is 7.11 Å². The van der Waals surface area contributed by atoms with E-state index in [1.54, 1.807) is 7.11 Å². The molecular formula is C15H21NO. The Morgan fingerprint density at radius 2 is 1.82 bits per heavy atom. The van der Waals surface area contributed by atoms with Crippen LogP contribution in [0.3, 0.4) is 0 Å². The summed E-state index contributed by atoms with van der Waals surface area (Å²) in [6.07, 6.45) is 6.55. The molecule has 92 valence electrons. The van der Waals surface area contributed by atoms with Gasteiger partial charge in [0.15, 0.2) is 0 Å². The lowest BCUT2D eigenvalue weighted by atomic mass is 9.49. The first-order valence-electron chi connectivity index (χ1n) is 6.58. The molecule has 0 saturated heterocycles. The molecule has 0 aromatic heterocycles. The van der Waals surface area contributed by atoms with E-state index in [9.17, 15) is 0 Å². The Kier molecular flexibility index (Phi) is 2.62. The van der Waals surface area contributed by atoms with Gasteiger partial charge in [-0.05, 0) is 61.1 Å². The summed E-state index contributed by atoms with van der Waals surface area (Å²) in [7, 11) is 1.71.